The van der Waals surface area contributed by atoms with Gasteiger partial charge in [0, 0.05) is 39.9 Å². The number of halogens is 1. The zero-order valence-corrected chi connectivity index (χ0v) is 21.0. The number of nitrogens with one attached hydrogen (secondary N) is 3. The van der Waals surface area contributed by atoms with Gasteiger partial charge < -0.3 is 10.3 Å². The minimum absolute atomic E-state index is 0.0859. The van der Waals surface area contributed by atoms with Crippen LogP contribution in [0, 0.1) is 11.2 Å². The first kappa shape index (κ1) is 23.5. The molecule has 0 saturated carbocycles. The average Bonchev–Trinajstić information content (AvgIpc) is 3.52. The van der Waals surface area contributed by atoms with Gasteiger partial charge in [0.05, 0.1) is 22.9 Å². The van der Waals surface area contributed by atoms with Gasteiger partial charge in [0.25, 0.3) is 0 Å². The van der Waals surface area contributed by atoms with Gasteiger partial charge in [0.1, 0.15) is 11.5 Å². The molecule has 8 nitrogen and oxygen atoms in total. The second-order valence-corrected chi connectivity index (χ2v) is 10.1. The number of nitrogens with zero attached hydrogens (tertiary/aromatic N) is 4. The molecule has 3 N–H and O–H groups in total. The molecule has 4 aromatic heterocycles. The zero-order chi connectivity index (χ0) is 26.4. The summed E-state index contributed by atoms with van der Waals surface area (Å²) in [7, 11) is 0. The Morgan fingerprint density at radius 3 is 2.63 bits per heavy atom. The third-order valence-corrected chi connectivity index (χ3v) is 6.35. The number of hydrogen-bond donors (Lipinski definition) is 3. The van der Waals surface area contributed by atoms with Gasteiger partial charge in [-0.15, -0.1) is 0 Å². The number of amides is 1. The van der Waals surface area contributed by atoms with Crippen LogP contribution in [-0.4, -0.2) is 36.0 Å². The van der Waals surface area contributed by atoms with Gasteiger partial charge in [-0.1, -0.05) is 45.0 Å². The predicted molar refractivity (Wildman–Crippen MR) is 146 cm³/mol. The lowest BCUT2D eigenvalue weighted by Crippen LogP contribution is -2.27. The maximum Gasteiger partial charge on any atom is 0.229 e. The van der Waals surface area contributed by atoms with Crippen molar-refractivity contribution in [2.45, 2.75) is 20.8 Å². The van der Waals surface area contributed by atoms with Gasteiger partial charge in [-0.3, -0.25) is 14.9 Å². The number of pyridine rings is 2. The Bertz CT molecular complexity index is 1830. The first-order valence-corrected chi connectivity index (χ1v) is 12.1. The smallest absolute Gasteiger partial charge is 0.229 e. The largest absolute Gasteiger partial charge is 0.335 e. The van der Waals surface area contributed by atoms with E-state index in [1.807, 2.05) is 45.0 Å². The molecule has 9 heteroatoms. The number of anilines is 1. The molecular weight excluding hydrogens is 481 g/mol. The molecule has 0 fully saturated rings. The van der Waals surface area contributed by atoms with Crippen molar-refractivity contribution in [2.75, 3.05) is 5.32 Å². The van der Waals surface area contributed by atoms with E-state index in [0.717, 1.165) is 22.0 Å². The average molecular weight is 506 g/mol. The Labute approximate surface area is 217 Å². The Balaban J connectivity index is 1.41. The van der Waals surface area contributed by atoms with E-state index in [4.69, 9.17) is 0 Å². The predicted octanol–water partition coefficient (Wildman–Crippen LogP) is 6.35. The minimum atomic E-state index is -0.520. The van der Waals surface area contributed by atoms with Crippen LogP contribution in [0.4, 0.5) is 10.1 Å². The molecular formula is C29H24FN7O. The molecule has 6 rings (SSSR count). The fraction of sp³-hybridized carbons (Fsp3) is 0.138. The molecule has 6 aromatic rings. The normalized spacial score (nSPS) is 11.8. The third kappa shape index (κ3) is 4.17. The maximum absolute atomic E-state index is 14.6. The van der Waals surface area contributed by atoms with Gasteiger partial charge in [0.15, 0.2) is 11.5 Å². The highest BCUT2D eigenvalue weighted by Gasteiger charge is 2.22. The highest BCUT2D eigenvalue weighted by molar-refractivity contribution is 5.98. The number of aromatic amines is 2. The van der Waals surface area contributed by atoms with Crippen LogP contribution in [0.1, 0.15) is 20.8 Å². The second kappa shape index (κ2) is 8.88. The number of hydrogen-bond acceptors (Lipinski definition) is 5. The van der Waals surface area contributed by atoms with Gasteiger partial charge in [-0.2, -0.15) is 5.10 Å². The molecule has 188 valence electrons. The number of fused-ring (bicyclic) bond motifs is 2. The molecule has 1 amide bonds. The molecule has 0 aliphatic rings. The lowest BCUT2D eigenvalue weighted by atomic mass is 9.95. The van der Waals surface area contributed by atoms with Crippen LogP contribution in [0.5, 0.6) is 0 Å². The van der Waals surface area contributed by atoms with Crippen molar-refractivity contribution in [3.05, 3.63) is 79.0 Å². The van der Waals surface area contributed by atoms with Crippen LogP contribution in [0.15, 0.2) is 73.2 Å². The van der Waals surface area contributed by atoms with Crippen molar-refractivity contribution < 1.29 is 9.18 Å². The van der Waals surface area contributed by atoms with Crippen LogP contribution in [0.3, 0.4) is 0 Å². The molecule has 4 heterocycles. The second-order valence-electron chi connectivity index (χ2n) is 10.1. The molecule has 38 heavy (non-hydrogen) atoms. The molecule has 0 radical (unpaired) electrons. The summed E-state index contributed by atoms with van der Waals surface area (Å²) in [4.78, 5) is 29.1. The summed E-state index contributed by atoms with van der Waals surface area (Å²) in [5.74, 6) is 0.113. The van der Waals surface area contributed by atoms with Crippen LogP contribution >= 0.6 is 0 Å². The molecule has 0 unspecified atom stereocenters. The fourth-order valence-electron chi connectivity index (χ4n) is 4.29. The topological polar surface area (TPSA) is 112 Å². The van der Waals surface area contributed by atoms with E-state index in [2.05, 4.69) is 35.5 Å². The first-order chi connectivity index (χ1) is 18.3. The van der Waals surface area contributed by atoms with Crippen LogP contribution in [0.2, 0.25) is 0 Å². The van der Waals surface area contributed by atoms with Crippen LogP contribution < -0.4 is 5.32 Å². The SMILES string of the molecule is CC(C)(C)C(=O)Nc1cncc(-c2ccc3[nH]nc(-c4nc5nccc(-c6ccccc6F)c5[nH]4)c3c2)c1. The number of imidazole rings is 1. The Hall–Kier alpha value is -4.92. The summed E-state index contributed by atoms with van der Waals surface area (Å²) >= 11 is 0. The fourth-order valence-corrected chi connectivity index (χ4v) is 4.29. The first-order valence-electron chi connectivity index (χ1n) is 12.1. The molecule has 0 saturated heterocycles. The van der Waals surface area contributed by atoms with E-state index in [1.54, 1.807) is 42.9 Å². The molecule has 0 aliphatic carbocycles. The quantitative estimate of drug-likeness (QED) is 0.258. The zero-order valence-electron chi connectivity index (χ0n) is 21.0. The van der Waals surface area contributed by atoms with Crippen molar-refractivity contribution in [2.24, 2.45) is 5.41 Å². The molecule has 2 aromatic carbocycles. The third-order valence-electron chi connectivity index (χ3n) is 6.35. The summed E-state index contributed by atoms with van der Waals surface area (Å²) in [6.07, 6.45) is 5.00. The summed E-state index contributed by atoms with van der Waals surface area (Å²) in [6.45, 7) is 5.59. The summed E-state index contributed by atoms with van der Waals surface area (Å²) in [6, 6.07) is 16.2. The Morgan fingerprint density at radius 2 is 1.82 bits per heavy atom. The lowest BCUT2D eigenvalue weighted by Gasteiger charge is -2.17. The lowest BCUT2D eigenvalue weighted by molar-refractivity contribution is -0.123. The number of H-pyrrole nitrogens is 2. The molecule has 0 spiro atoms. The van der Waals surface area contributed by atoms with Crippen molar-refractivity contribution >= 4 is 33.7 Å². The summed E-state index contributed by atoms with van der Waals surface area (Å²) in [5, 5.41) is 11.3. The van der Waals surface area contributed by atoms with E-state index in [1.165, 1.54) is 6.07 Å². The maximum atomic E-state index is 14.6. The minimum Gasteiger partial charge on any atom is -0.335 e. The summed E-state index contributed by atoms with van der Waals surface area (Å²) < 4.78 is 14.6. The summed E-state index contributed by atoms with van der Waals surface area (Å²) in [5.41, 5.74) is 5.54. The number of carbonyl (C=O) groups is 1. The Kier molecular flexibility index (Phi) is 5.48. The highest BCUT2D eigenvalue weighted by Crippen LogP contribution is 2.33. The molecule has 0 aliphatic heterocycles. The van der Waals surface area contributed by atoms with Crippen molar-refractivity contribution in [1.29, 1.82) is 0 Å². The van der Waals surface area contributed by atoms with Crippen molar-refractivity contribution in [3.8, 4) is 33.8 Å². The molecule has 0 atom stereocenters. The van der Waals surface area contributed by atoms with Gasteiger partial charge >= 0.3 is 0 Å². The van der Waals surface area contributed by atoms with E-state index >= 15 is 0 Å². The monoisotopic (exact) mass is 505 g/mol. The van der Waals surface area contributed by atoms with Gasteiger partial charge in [0.2, 0.25) is 5.91 Å². The van der Waals surface area contributed by atoms with E-state index < -0.39 is 5.41 Å². The molecule has 0 bridgehead atoms. The van der Waals surface area contributed by atoms with Crippen molar-refractivity contribution in [3.63, 3.8) is 0 Å². The Morgan fingerprint density at radius 1 is 0.974 bits per heavy atom. The number of aromatic nitrogens is 6. The van der Waals surface area contributed by atoms with Gasteiger partial charge in [-0.25, -0.2) is 14.4 Å². The highest BCUT2D eigenvalue weighted by atomic mass is 19.1. The number of rotatable bonds is 4. The van der Waals surface area contributed by atoms with Gasteiger partial charge in [-0.05, 0) is 35.9 Å². The number of carbonyl (C=O) groups excluding carboxylic acids is 1. The number of benzene rings is 2. The van der Waals surface area contributed by atoms with E-state index in [-0.39, 0.29) is 11.7 Å². The van der Waals surface area contributed by atoms with Crippen LogP contribution in [0.25, 0.3) is 55.8 Å². The van der Waals surface area contributed by atoms with Crippen LogP contribution in [-0.2, 0) is 4.79 Å². The van der Waals surface area contributed by atoms with E-state index in [0.29, 0.717) is 39.5 Å². The van der Waals surface area contributed by atoms with E-state index in [9.17, 15) is 9.18 Å². The standard InChI is InChI=1S/C29H24FN7O/c1-29(2,3)28(38)33-18-12-17(14-31-15-18)16-8-9-23-21(13-16)25(37-36-23)27-34-24-20(10-11-32-26(24)35-27)19-6-4-5-7-22(19)30/h4-15H,1-3H3,(H,33,38)(H,36,37)(H,32,34,35). The van der Waals surface area contributed by atoms with Crippen molar-refractivity contribution in [1.82, 2.24) is 30.1 Å².